The summed E-state index contributed by atoms with van der Waals surface area (Å²) in [7, 11) is 0. The summed E-state index contributed by atoms with van der Waals surface area (Å²) in [5.41, 5.74) is 1.13. The van der Waals surface area contributed by atoms with Crippen LogP contribution in [0.5, 0.6) is 11.5 Å². The fraction of sp³-hybridized carbons (Fsp3) is 0.0769. The molecule has 0 aliphatic carbocycles. The van der Waals surface area contributed by atoms with E-state index < -0.39 is 0 Å². The lowest BCUT2D eigenvalue weighted by atomic mass is 10.2. The Morgan fingerprint density at radius 3 is 2.62 bits per heavy atom. The summed E-state index contributed by atoms with van der Waals surface area (Å²) in [4.78, 5) is 0. The molecule has 0 aromatic heterocycles. The van der Waals surface area contributed by atoms with E-state index in [9.17, 15) is 0 Å². The van der Waals surface area contributed by atoms with Gasteiger partial charge in [0.1, 0.15) is 16.5 Å². The zero-order chi connectivity index (χ0) is 11.5. The molecule has 0 atom stereocenters. The molecule has 0 aliphatic heterocycles. The van der Waals surface area contributed by atoms with Crippen molar-refractivity contribution < 1.29 is 4.74 Å². The summed E-state index contributed by atoms with van der Waals surface area (Å²) in [6.07, 6.45) is 0. The van der Waals surface area contributed by atoms with Gasteiger partial charge < -0.3 is 4.74 Å². The van der Waals surface area contributed by atoms with Crippen LogP contribution in [0.25, 0.3) is 0 Å². The highest BCUT2D eigenvalue weighted by atomic mass is 35.5. The minimum atomic E-state index is 0.415. The average molecular weight is 252 g/mol. The van der Waals surface area contributed by atoms with Crippen LogP contribution in [0.1, 0.15) is 5.56 Å². The summed E-state index contributed by atoms with van der Waals surface area (Å²) in [5.74, 6) is 1.16. The van der Waals surface area contributed by atoms with Crippen molar-refractivity contribution in [3.63, 3.8) is 0 Å². The summed E-state index contributed by atoms with van der Waals surface area (Å²) < 4.78 is 5.57. The number of benzene rings is 2. The molecule has 0 heterocycles. The Labute approximate surface area is 105 Å². The molecule has 2 rings (SSSR count). The lowest BCUT2D eigenvalue weighted by molar-refractivity contribution is 0.482. The van der Waals surface area contributed by atoms with Gasteiger partial charge in [0.15, 0.2) is 0 Å². The first-order valence-corrected chi connectivity index (χ1v) is 5.52. The Kier molecular flexibility index (Phi) is 3.37. The summed E-state index contributed by atoms with van der Waals surface area (Å²) in [6, 6.07) is 13.9. The average Bonchev–Trinajstić information content (AvgIpc) is 2.28. The van der Waals surface area contributed by atoms with Crippen LogP contribution in [0.4, 0.5) is 0 Å². The molecule has 0 unspecified atom stereocenters. The van der Waals surface area contributed by atoms with Gasteiger partial charge in [-0.3, -0.25) is 0 Å². The lowest BCUT2D eigenvalue weighted by Crippen LogP contribution is -1.86. The maximum atomic E-state index is 6.00. The van der Waals surface area contributed by atoms with Gasteiger partial charge in [0.2, 0.25) is 0 Å². The third kappa shape index (κ3) is 2.49. The van der Waals surface area contributed by atoms with E-state index in [1.807, 2.05) is 25.1 Å². The second-order valence-corrected chi connectivity index (χ2v) is 4.17. The summed E-state index contributed by atoms with van der Waals surface area (Å²) >= 11 is 11.9. The summed E-state index contributed by atoms with van der Waals surface area (Å²) in [6.45, 7) is 1.99. The van der Waals surface area contributed by atoms with Gasteiger partial charge >= 0.3 is 0 Å². The van der Waals surface area contributed by atoms with Crippen LogP contribution in [0.15, 0.2) is 36.4 Å². The Balaban J connectivity index is 2.27. The molecule has 0 bridgehead atoms. The highest BCUT2D eigenvalue weighted by Gasteiger charge is 2.06. The van der Waals surface area contributed by atoms with E-state index in [0.29, 0.717) is 21.5 Å². The minimum Gasteiger partial charge on any atom is -0.455 e. The van der Waals surface area contributed by atoms with E-state index in [1.165, 1.54) is 0 Å². The van der Waals surface area contributed by atoms with Crippen LogP contribution in [0.2, 0.25) is 10.0 Å². The van der Waals surface area contributed by atoms with E-state index in [1.54, 1.807) is 18.2 Å². The van der Waals surface area contributed by atoms with E-state index in [0.717, 1.165) is 5.56 Å². The molecule has 81 valence electrons. The number of ether oxygens (including phenoxy) is 1. The van der Waals surface area contributed by atoms with Gasteiger partial charge in [-0.15, -0.1) is 0 Å². The fourth-order valence-electron chi connectivity index (χ4n) is 1.23. The van der Waals surface area contributed by atoms with Crippen molar-refractivity contribution in [3.8, 4) is 11.5 Å². The number of hydrogen-bond acceptors (Lipinski definition) is 1. The van der Waals surface area contributed by atoms with E-state index in [2.05, 4.69) is 6.07 Å². The quantitative estimate of drug-likeness (QED) is 0.738. The van der Waals surface area contributed by atoms with Gasteiger partial charge in [-0.1, -0.05) is 40.9 Å². The standard InChI is InChI=1S/C13H9Cl2O/c1-9-5-7-10(8-6-9)16-12-4-2-3-11(14)13(12)15/h2-7H,1H3. The van der Waals surface area contributed by atoms with Crippen molar-refractivity contribution in [1.82, 2.24) is 0 Å². The minimum absolute atomic E-state index is 0.415. The maximum Gasteiger partial charge on any atom is 0.147 e. The van der Waals surface area contributed by atoms with Crippen molar-refractivity contribution >= 4 is 23.2 Å². The largest absolute Gasteiger partial charge is 0.455 e. The van der Waals surface area contributed by atoms with Crippen LogP contribution in [-0.4, -0.2) is 0 Å². The van der Waals surface area contributed by atoms with Gasteiger partial charge in [0.05, 0.1) is 5.02 Å². The van der Waals surface area contributed by atoms with Crippen molar-refractivity contribution in [3.05, 3.63) is 58.1 Å². The molecule has 0 saturated heterocycles. The molecule has 16 heavy (non-hydrogen) atoms. The second-order valence-electron chi connectivity index (χ2n) is 3.38. The van der Waals surface area contributed by atoms with Gasteiger partial charge in [-0.25, -0.2) is 0 Å². The monoisotopic (exact) mass is 251 g/mol. The number of halogens is 2. The Morgan fingerprint density at radius 1 is 1.12 bits per heavy atom. The van der Waals surface area contributed by atoms with Gasteiger partial charge in [0, 0.05) is 6.07 Å². The van der Waals surface area contributed by atoms with Crippen LogP contribution in [-0.2, 0) is 0 Å². The molecule has 0 aliphatic rings. The van der Waals surface area contributed by atoms with Crippen molar-refractivity contribution in [2.75, 3.05) is 0 Å². The lowest BCUT2D eigenvalue weighted by Gasteiger charge is -2.07. The predicted molar refractivity (Wildman–Crippen MR) is 66.6 cm³/mol. The van der Waals surface area contributed by atoms with Crippen LogP contribution >= 0.6 is 23.2 Å². The van der Waals surface area contributed by atoms with Crippen LogP contribution in [0, 0.1) is 13.0 Å². The Bertz CT molecular complexity index is 492. The SMILES string of the molecule is Cc1c[c]c(Oc2cccc(Cl)c2Cl)cc1. The molecule has 2 aromatic carbocycles. The fourth-order valence-corrected chi connectivity index (χ4v) is 1.56. The number of hydrogen-bond donors (Lipinski definition) is 0. The molecule has 0 spiro atoms. The molecule has 0 amide bonds. The van der Waals surface area contributed by atoms with Crippen LogP contribution in [0.3, 0.4) is 0 Å². The zero-order valence-electron chi connectivity index (χ0n) is 8.63. The highest BCUT2D eigenvalue weighted by Crippen LogP contribution is 2.34. The third-order valence-corrected chi connectivity index (χ3v) is 2.88. The molecule has 1 radical (unpaired) electrons. The molecule has 2 aromatic rings. The molecular weight excluding hydrogens is 243 g/mol. The first-order chi connectivity index (χ1) is 7.66. The molecule has 0 fully saturated rings. The van der Waals surface area contributed by atoms with E-state index in [-0.39, 0.29) is 0 Å². The maximum absolute atomic E-state index is 6.00. The molecule has 1 nitrogen and oxygen atoms in total. The van der Waals surface area contributed by atoms with Gasteiger partial charge in [-0.2, -0.15) is 0 Å². The Hall–Kier alpha value is -1.18. The zero-order valence-corrected chi connectivity index (χ0v) is 10.1. The first-order valence-electron chi connectivity index (χ1n) is 4.77. The van der Waals surface area contributed by atoms with E-state index in [4.69, 9.17) is 27.9 Å². The smallest absolute Gasteiger partial charge is 0.147 e. The topological polar surface area (TPSA) is 9.23 Å². The molecule has 3 heteroatoms. The van der Waals surface area contributed by atoms with Gasteiger partial charge in [-0.05, 0) is 31.2 Å². The predicted octanol–water partition coefficient (Wildman–Crippen LogP) is 4.89. The molecular formula is C13H9Cl2O. The highest BCUT2D eigenvalue weighted by molar-refractivity contribution is 6.42. The number of rotatable bonds is 2. The summed E-state index contributed by atoms with van der Waals surface area (Å²) in [5, 5.41) is 0.893. The molecule has 0 saturated carbocycles. The Morgan fingerprint density at radius 2 is 1.94 bits per heavy atom. The molecule has 0 N–H and O–H groups in total. The van der Waals surface area contributed by atoms with E-state index >= 15 is 0 Å². The van der Waals surface area contributed by atoms with Crippen molar-refractivity contribution in [2.24, 2.45) is 0 Å². The third-order valence-electron chi connectivity index (χ3n) is 2.08. The van der Waals surface area contributed by atoms with Crippen LogP contribution < -0.4 is 4.74 Å². The second kappa shape index (κ2) is 4.77. The van der Waals surface area contributed by atoms with Crippen molar-refractivity contribution in [1.29, 1.82) is 0 Å². The van der Waals surface area contributed by atoms with Gasteiger partial charge in [0.25, 0.3) is 0 Å². The van der Waals surface area contributed by atoms with Crippen molar-refractivity contribution in [2.45, 2.75) is 6.92 Å². The first kappa shape index (κ1) is 11.3. The normalized spacial score (nSPS) is 10.2. The number of aryl methyl sites for hydroxylation is 1.